The number of hydrogen-bond donors (Lipinski definition) is 2. The van der Waals surface area contributed by atoms with Crippen LogP contribution in [0.5, 0.6) is 5.75 Å². The fourth-order valence-corrected chi connectivity index (χ4v) is 2.04. The van der Waals surface area contributed by atoms with Gasteiger partial charge < -0.3 is 10.1 Å². The van der Waals surface area contributed by atoms with Gasteiger partial charge in [-0.25, -0.2) is 9.82 Å². The van der Waals surface area contributed by atoms with Crippen LogP contribution in [0.25, 0.3) is 0 Å². The first-order chi connectivity index (χ1) is 12.9. The maximum Gasteiger partial charge on any atom is 0.270 e. The molecule has 2 rings (SSSR count). The van der Waals surface area contributed by atoms with Gasteiger partial charge in [-0.05, 0) is 24.3 Å². The zero-order valence-electron chi connectivity index (χ0n) is 14.1. The molecule has 2 aromatic carbocycles. The molecule has 2 amide bonds. The Morgan fingerprint density at radius 1 is 1.30 bits per heavy atom. The van der Waals surface area contributed by atoms with Crippen molar-refractivity contribution in [3.8, 4) is 5.75 Å². The Morgan fingerprint density at radius 3 is 2.74 bits per heavy atom. The van der Waals surface area contributed by atoms with Crippen LogP contribution in [0.4, 0.5) is 10.1 Å². The lowest BCUT2D eigenvalue weighted by Crippen LogP contribution is -2.34. The Balaban J connectivity index is 1.92. The van der Waals surface area contributed by atoms with Gasteiger partial charge in [0.25, 0.3) is 17.5 Å². The molecule has 0 saturated heterocycles. The Morgan fingerprint density at radius 2 is 2.07 bits per heavy atom. The monoisotopic (exact) mass is 374 g/mol. The number of hydrazone groups is 1. The molecule has 0 aliphatic heterocycles. The third kappa shape index (κ3) is 5.59. The van der Waals surface area contributed by atoms with Crippen molar-refractivity contribution in [3.63, 3.8) is 0 Å². The molecule has 0 heterocycles. The molecule has 0 aliphatic carbocycles. The Labute approximate surface area is 153 Å². The first-order valence-corrected chi connectivity index (χ1v) is 7.59. The normalized spacial score (nSPS) is 10.4. The molecular formula is C17H15FN4O5. The lowest BCUT2D eigenvalue weighted by molar-refractivity contribution is -0.384. The number of nitro benzene ring substituents is 1. The summed E-state index contributed by atoms with van der Waals surface area (Å²) in [7, 11) is 1.39. The highest BCUT2D eigenvalue weighted by molar-refractivity contribution is 5.96. The maximum absolute atomic E-state index is 13.1. The molecule has 0 saturated carbocycles. The molecule has 2 aromatic rings. The van der Waals surface area contributed by atoms with E-state index in [0.717, 1.165) is 6.07 Å². The smallest absolute Gasteiger partial charge is 0.270 e. The molecule has 0 bridgehead atoms. The van der Waals surface area contributed by atoms with Crippen LogP contribution in [0.1, 0.15) is 15.9 Å². The number of carbonyl (C=O) groups excluding carboxylic acids is 2. The van der Waals surface area contributed by atoms with E-state index < -0.39 is 29.1 Å². The SMILES string of the molecule is COc1ccc([N+](=O)[O-])cc1/C=N\NC(=O)CNC(=O)c1cccc(F)c1. The van der Waals surface area contributed by atoms with E-state index in [0.29, 0.717) is 5.75 Å². The summed E-state index contributed by atoms with van der Waals surface area (Å²) in [6.45, 7) is -0.390. The molecular weight excluding hydrogens is 359 g/mol. The number of nitro groups is 1. The largest absolute Gasteiger partial charge is 0.496 e. The van der Waals surface area contributed by atoms with E-state index in [4.69, 9.17) is 4.74 Å². The molecule has 0 aliphatic rings. The minimum absolute atomic E-state index is 0.0765. The second-order valence-electron chi connectivity index (χ2n) is 5.17. The van der Waals surface area contributed by atoms with Crippen molar-refractivity contribution in [3.05, 3.63) is 69.5 Å². The number of amides is 2. The average Bonchev–Trinajstić information content (AvgIpc) is 2.65. The first-order valence-electron chi connectivity index (χ1n) is 7.59. The highest BCUT2D eigenvalue weighted by atomic mass is 19.1. The van der Waals surface area contributed by atoms with Gasteiger partial charge in [-0.15, -0.1) is 0 Å². The van der Waals surface area contributed by atoms with Gasteiger partial charge in [-0.2, -0.15) is 5.10 Å². The zero-order chi connectivity index (χ0) is 19.8. The average molecular weight is 374 g/mol. The molecule has 9 nitrogen and oxygen atoms in total. The van der Waals surface area contributed by atoms with Gasteiger partial charge in [-0.3, -0.25) is 19.7 Å². The third-order valence-corrected chi connectivity index (χ3v) is 3.31. The van der Waals surface area contributed by atoms with E-state index in [-0.39, 0.29) is 16.8 Å². The molecule has 10 heteroatoms. The lowest BCUT2D eigenvalue weighted by atomic mass is 10.2. The molecule has 0 atom stereocenters. The van der Waals surface area contributed by atoms with E-state index in [2.05, 4.69) is 15.8 Å². The van der Waals surface area contributed by atoms with Crippen LogP contribution in [-0.2, 0) is 4.79 Å². The van der Waals surface area contributed by atoms with Gasteiger partial charge >= 0.3 is 0 Å². The molecule has 0 aromatic heterocycles. The lowest BCUT2D eigenvalue weighted by Gasteiger charge is -2.05. The number of nitrogens with zero attached hydrogens (tertiary/aromatic N) is 2. The standard InChI is InChI=1S/C17H15FN4O5/c1-27-15-6-5-14(22(25)26)8-12(15)9-20-21-16(23)10-19-17(24)11-3-2-4-13(18)7-11/h2-9H,10H2,1H3,(H,19,24)(H,21,23)/b20-9-. The van der Waals surface area contributed by atoms with Crippen LogP contribution < -0.4 is 15.5 Å². The van der Waals surface area contributed by atoms with E-state index in [9.17, 15) is 24.1 Å². The maximum atomic E-state index is 13.1. The predicted molar refractivity (Wildman–Crippen MR) is 94.1 cm³/mol. The van der Waals surface area contributed by atoms with Gasteiger partial charge in [-0.1, -0.05) is 6.07 Å². The van der Waals surface area contributed by atoms with Gasteiger partial charge in [0, 0.05) is 23.3 Å². The third-order valence-electron chi connectivity index (χ3n) is 3.31. The molecule has 140 valence electrons. The van der Waals surface area contributed by atoms with Gasteiger partial charge in [0.15, 0.2) is 0 Å². The van der Waals surface area contributed by atoms with Crippen LogP contribution in [0.15, 0.2) is 47.6 Å². The number of non-ortho nitro benzene ring substituents is 1. The van der Waals surface area contributed by atoms with Crippen molar-refractivity contribution in [1.29, 1.82) is 0 Å². The quantitative estimate of drug-likeness (QED) is 0.433. The highest BCUT2D eigenvalue weighted by Gasteiger charge is 2.11. The number of rotatable bonds is 7. The fourth-order valence-electron chi connectivity index (χ4n) is 2.04. The van der Waals surface area contributed by atoms with Crippen molar-refractivity contribution >= 4 is 23.7 Å². The number of hydrogen-bond acceptors (Lipinski definition) is 6. The van der Waals surface area contributed by atoms with E-state index in [1.807, 2.05) is 0 Å². The number of halogens is 1. The highest BCUT2D eigenvalue weighted by Crippen LogP contribution is 2.22. The minimum Gasteiger partial charge on any atom is -0.496 e. The molecule has 2 N–H and O–H groups in total. The number of carbonyl (C=O) groups is 2. The molecule has 0 fully saturated rings. The first kappa shape index (κ1) is 19.5. The molecule has 0 spiro atoms. The van der Waals surface area contributed by atoms with Crippen molar-refractivity contribution in [1.82, 2.24) is 10.7 Å². The topological polar surface area (TPSA) is 123 Å². The second-order valence-corrected chi connectivity index (χ2v) is 5.17. The van der Waals surface area contributed by atoms with Gasteiger partial charge in [0.05, 0.1) is 24.8 Å². The summed E-state index contributed by atoms with van der Waals surface area (Å²) >= 11 is 0. The summed E-state index contributed by atoms with van der Waals surface area (Å²) in [5.41, 5.74) is 2.37. The van der Waals surface area contributed by atoms with Crippen LogP contribution in [-0.4, -0.2) is 36.6 Å². The summed E-state index contributed by atoms with van der Waals surface area (Å²) in [4.78, 5) is 33.8. The summed E-state index contributed by atoms with van der Waals surface area (Å²) in [6.07, 6.45) is 1.18. The summed E-state index contributed by atoms with van der Waals surface area (Å²) in [5.74, 6) is -1.49. The summed E-state index contributed by atoms with van der Waals surface area (Å²) < 4.78 is 18.1. The van der Waals surface area contributed by atoms with E-state index in [1.165, 1.54) is 49.7 Å². The van der Waals surface area contributed by atoms with Gasteiger partial charge in [0.2, 0.25) is 0 Å². The Bertz CT molecular complexity index is 901. The van der Waals surface area contributed by atoms with Crippen LogP contribution in [0, 0.1) is 15.9 Å². The van der Waals surface area contributed by atoms with Gasteiger partial charge in [0.1, 0.15) is 11.6 Å². The van der Waals surface area contributed by atoms with Crippen molar-refractivity contribution in [2.45, 2.75) is 0 Å². The minimum atomic E-state index is -0.639. The van der Waals surface area contributed by atoms with E-state index in [1.54, 1.807) is 0 Å². The van der Waals surface area contributed by atoms with Crippen molar-refractivity contribution in [2.75, 3.05) is 13.7 Å². The van der Waals surface area contributed by atoms with Crippen LogP contribution in [0.2, 0.25) is 0 Å². The fraction of sp³-hybridized carbons (Fsp3) is 0.118. The molecule has 0 unspecified atom stereocenters. The summed E-state index contributed by atoms with van der Waals surface area (Å²) in [5, 5.41) is 16.8. The molecule has 0 radical (unpaired) electrons. The zero-order valence-corrected chi connectivity index (χ0v) is 14.1. The second kappa shape index (κ2) is 9.04. The molecule has 27 heavy (non-hydrogen) atoms. The van der Waals surface area contributed by atoms with Crippen molar-refractivity contribution < 1.29 is 23.6 Å². The Kier molecular flexibility index (Phi) is 6.53. The predicted octanol–water partition coefficient (Wildman–Crippen LogP) is 1.62. The summed E-state index contributed by atoms with van der Waals surface area (Å²) in [6, 6.07) is 8.93. The van der Waals surface area contributed by atoms with Crippen molar-refractivity contribution in [2.24, 2.45) is 5.10 Å². The number of benzene rings is 2. The number of ether oxygens (including phenoxy) is 1. The number of methoxy groups -OCH3 is 1. The van der Waals surface area contributed by atoms with Crippen LogP contribution >= 0.6 is 0 Å². The van der Waals surface area contributed by atoms with Crippen LogP contribution in [0.3, 0.4) is 0 Å². The number of nitrogens with one attached hydrogen (secondary N) is 2. The Hall–Kier alpha value is -3.82. The van der Waals surface area contributed by atoms with E-state index >= 15 is 0 Å².